The number of benzene rings is 1. The van der Waals surface area contributed by atoms with Crippen LogP contribution in [-0.4, -0.2) is 61.7 Å². The first-order valence-electron chi connectivity index (χ1n) is 7.65. The SMILES string of the molecule is Cc1ccc2c(c1)CC(CN1CCN(CCN)CC1)O2. The molecule has 20 heavy (non-hydrogen) atoms. The molecule has 2 N–H and O–H groups in total. The molecule has 3 rings (SSSR count). The second-order valence-corrected chi connectivity index (χ2v) is 5.99. The standard InChI is InChI=1S/C16H25N3O/c1-13-2-3-16-14(10-13)11-15(20-16)12-19-8-6-18(5-4-17)7-9-19/h2-3,10,15H,4-9,11-12,17H2,1H3. The van der Waals surface area contributed by atoms with Crippen LogP contribution in [0.4, 0.5) is 0 Å². The molecule has 110 valence electrons. The molecule has 0 aliphatic carbocycles. The minimum atomic E-state index is 0.327. The van der Waals surface area contributed by atoms with Crippen molar-refractivity contribution in [3.63, 3.8) is 0 Å². The highest BCUT2D eigenvalue weighted by atomic mass is 16.5. The van der Waals surface area contributed by atoms with Crippen molar-refractivity contribution in [2.24, 2.45) is 5.73 Å². The Balaban J connectivity index is 1.49. The summed E-state index contributed by atoms with van der Waals surface area (Å²) in [5.41, 5.74) is 8.31. The summed E-state index contributed by atoms with van der Waals surface area (Å²) in [6, 6.07) is 6.51. The Labute approximate surface area is 121 Å². The van der Waals surface area contributed by atoms with Gasteiger partial charge in [0.25, 0.3) is 0 Å². The normalized spacial score (nSPS) is 23.6. The van der Waals surface area contributed by atoms with Gasteiger partial charge >= 0.3 is 0 Å². The maximum absolute atomic E-state index is 6.06. The van der Waals surface area contributed by atoms with E-state index in [1.807, 2.05) is 0 Å². The molecule has 4 heteroatoms. The van der Waals surface area contributed by atoms with Gasteiger partial charge in [0.1, 0.15) is 11.9 Å². The van der Waals surface area contributed by atoms with Crippen LogP contribution in [-0.2, 0) is 6.42 Å². The monoisotopic (exact) mass is 275 g/mol. The van der Waals surface area contributed by atoms with Gasteiger partial charge in [0.05, 0.1) is 0 Å². The lowest BCUT2D eigenvalue weighted by Crippen LogP contribution is -2.50. The van der Waals surface area contributed by atoms with Crippen molar-refractivity contribution >= 4 is 0 Å². The van der Waals surface area contributed by atoms with Crippen LogP contribution in [0.3, 0.4) is 0 Å². The van der Waals surface area contributed by atoms with Gasteiger partial charge in [-0.3, -0.25) is 9.80 Å². The van der Waals surface area contributed by atoms with Crippen molar-refractivity contribution in [3.05, 3.63) is 29.3 Å². The molecule has 1 fully saturated rings. The van der Waals surface area contributed by atoms with Crippen LogP contribution in [0.1, 0.15) is 11.1 Å². The number of hydrogen-bond donors (Lipinski definition) is 1. The molecule has 1 aromatic carbocycles. The van der Waals surface area contributed by atoms with Gasteiger partial charge in [-0.15, -0.1) is 0 Å². The third-order valence-electron chi connectivity index (χ3n) is 4.33. The fraction of sp³-hybridized carbons (Fsp3) is 0.625. The number of aryl methyl sites for hydroxylation is 1. The minimum absolute atomic E-state index is 0.327. The lowest BCUT2D eigenvalue weighted by atomic mass is 10.1. The Morgan fingerprint density at radius 1 is 1.20 bits per heavy atom. The van der Waals surface area contributed by atoms with E-state index in [-0.39, 0.29) is 0 Å². The Hall–Kier alpha value is -1.10. The van der Waals surface area contributed by atoms with Crippen LogP contribution in [0.15, 0.2) is 18.2 Å². The van der Waals surface area contributed by atoms with Gasteiger partial charge in [-0.05, 0) is 18.6 Å². The van der Waals surface area contributed by atoms with E-state index in [4.69, 9.17) is 10.5 Å². The number of piperazine rings is 1. The highest BCUT2D eigenvalue weighted by Crippen LogP contribution is 2.29. The van der Waals surface area contributed by atoms with E-state index in [2.05, 4.69) is 34.9 Å². The Kier molecular flexibility index (Phi) is 4.24. The molecule has 2 heterocycles. The van der Waals surface area contributed by atoms with Crippen LogP contribution in [0.5, 0.6) is 5.75 Å². The van der Waals surface area contributed by atoms with Crippen LogP contribution in [0.25, 0.3) is 0 Å². The number of nitrogens with zero attached hydrogens (tertiary/aromatic N) is 2. The molecule has 0 amide bonds. The summed E-state index contributed by atoms with van der Waals surface area (Å²) in [4.78, 5) is 4.97. The van der Waals surface area contributed by atoms with Crippen molar-refractivity contribution in [2.45, 2.75) is 19.4 Å². The zero-order chi connectivity index (χ0) is 13.9. The number of hydrogen-bond acceptors (Lipinski definition) is 4. The van der Waals surface area contributed by atoms with E-state index in [9.17, 15) is 0 Å². The van der Waals surface area contributed by atoms with E-state index >= 15 is 0 Å². The van der Waals surface area contributed by atoms with Crippen molar-refractivity contribution in [3.8, 4) is 5.75 Å². The highest BCUT2D eigenvalue weighted by molar-refractivity contribution is 5.40. The lowest BCUT2D eigenvalue weighted by Gasteiger charge is -2.35. The summed E-state index contributed by atoms with van der Waals surface area (Å²) < 4.78 is 6.06. The third-order valence-corrected chi connectivity index (χ3v) is 4.33. The minimum Gasteiger partial charge on any atom is -0.488 e. The average Bonchev–Trinajstić information content (AvgIpc) is 2.82. The summed E-state index contributed by atoms with van der Waals surface area (Å²) in [6.45, 7) is 9.52. The van der Waals surface area contributed by atoms with E-state index in [1.165, 1.54) is 11.1 Å². The topological polar surface area (TPSA) is 41.7 Å². The van der Waals surface area contributed by atoms with E-state index in [0.29, 0.717) is 6.10 Å². The van der Waals surface area contributed by atoms with Gasteiger partial charge in [-0.25, -0.2) is 0 Å². The molecule has 2 aliphatic rings. The predicted octanol–water partition coefficient (Wildman–Crippen LogP) is 0.875. The Morgan fingerprint density at radius 3 is 2.70 bits per heavy atom. The molecule has 0 aromatic heterocycles. The molecule has 1 aromatic rings. The van der Waals surface area contributed by atoms with Crippen LogP contribution < -0.4 is 10.5 Å². The zero-order valence-electron chi connectivity index (χ0n) is 12.3. The smallest absolute Gasteiger partial charge is 0.123 e. The summed E-state index contributed by atoms with van der Waals surface area (Å²) in [5.74, 6) is 1.09. The van der Waals surface area contributed by atoms with Crippen molar-refractivity contribution in [2.75, 3.05) is 45.8 Å². The van der Waals surface area contributed by atoms with Crippen molar-refractivity contribution in [1.29, 1.82) is 0 Å². The highest BCUT2D eigenvalue weighted by Gasteiger charge is 2.26. The third kappa shape index (κ3) is 3.14. The predicted molar refractivity (Wildman–Crippen MR) is 81.2 cm³/mol. The zero-order valence-corrected chi connectivity index (χ0v) is 12.3. The van der Waals surface area contributed by atoms with E-state index < -0.39 is 0 Å². The Morgan fingerprint density at radius 2 is 1.95 bits per heavy atom. The maximum atomic E-state index is 6.06. The van der Waals surface area contributed by atoms with E-state index in [0.717, 1.165) is 58.0 Å². The molecule has 0 bridgehead atoms. The largest absolute Gasteiger partial charge is 0.488 e. The molecule has 4 nitrogen and oxygen atoms in total. The van der Waals surface area contributed by atoms with Gasteiger partial charge in [0.15, 0.2) is 0 Å². The molecule has 1 atom stereocenters. The van der Waals surface area contributed by atoms with Crippen molar-refractivity contribution in [1.82, 2.24) is 9.80 Å². The summed E-state index contributed by atoms with van der Waals surface area (Å²) >= 11 is 0. The first kappa shape index (κ1) is 13.9. The quantitative estimate of drug-likeness (QED) is 0.885. The molecule has 1 saturated heterocycles. The van der Waals surface area contributed by atoms with Gasteiger partial charge in [-0.1, -0.05) is 17.7 Å². The molecular weight excluding hydrogens is 250 g/mol. The molecule has 1 unspecified atom stereocenters. The van der Waals surface area contributed by atoms with Gasteiger partial charge in [0.2, 0.25) is 0 Å². The van der Waals surface area contributed by atoms with Gasteiger partial charge in [-0.2, -0.15) is 0 Å². The summed E-state index contributed by atoms with van der Waals surface area (Å²) in [7, 11) is 0. The van der Waals surface area contributed by atoms with Crippen LogP contribution >= 0.6 is 0 Å². The number of rotatable bonds is 4. The molecule has 0 radical (unpaired) electrons. The summed E-state index contributed by atoms with van der Waals surface area (Å²) in [5, 5.41) is 0. The first-order chi connectivity index (χ1) is 9.74. The molecule has 2 aliphatic heterocycles. The van der Waals surface area contributed by atoms with Gasteiger partial charge in [0, 0.05) is 52.2 Å². The second-order valence-electron chi connectivity index (χ2n) is 5.99. The fourth-order valence-electron chi connectivity index (χ4n) is 3.22. The van der Waals surface area contributed by atoms with Crippen molar-refractivity contribution < 1.29 is 4.74 Å². The average molecular weight is 275 g/mol. The number of ether oxygens (including phenoxy) is 1. The number of nitrogens with two attached hydrogens (primary N) is 1. The summed E-state index contributed by atoms with van der Waals surface area (Å²) in [6.07, 6.45) is 1.38. The Bertz CT molecular complexity index is 455. The molecule has 0 saturated carbocycles. The fourth-order valence-corrected chi connectivity index (χ4v) is 3.22. The number of fused-ring (bicyclic) bond motifs is 1. The second kappa shape index (κ2) is 6.12. The van der Waals surface area contributed by atoms with Crippen LogP contribution in [0, 0.1) is 6.92 Å². The van der Waals surface area contributed by atoms with E-state index in [1.54, 1.807) is 0 Å². The molecular formula is C16H25N3O. The maximum Gasteiger partial charge on any atom is 0.123 e. The first-order valence-corrected chi connectivity index (χ1v) is 7.65. The van der Waals surface area contributed by atoms with Gasteiger partial charge < -0.3 is 10.5 Å². The lowest BCUT2D eigenvalue weighted by molar-refractivity contribution is 0.0938. The van der Waals surface area contributed by atoms with Crippen LogP contribution in [0.2, 0.25) is 0 Å². The molecule has 0 spiro atoms.